The Labute approximate surface area is 279 Å². The van der Waals surface area contributed by atoms with Crippen LogP contribution in [-0.4, -0.2) is 0 Å². The number of para-hydroxylation sites is 1. The Bertz CT molecular complexity index is 2540. The molecule has 8 aromatic carbocycles. The van der Waals surface area contributed by atoms with Crippen LogP contribution in [0.5, 0.6) is 0 Å². The van der Waals surface area contributed by atoms with E-state index in [2.05, 4.69) is 175 Å². The minimum absolute atomic E-state index is 0.883. The van der Waals surface area contributed by atoms with Crippen LogP contribution in [0.2, 0.25) is 0 Å². The molecule has 0 aliphatic carbocycles. The van der Waals surface area contributed by atoms with Crippen molar-refractivity contribution in [3.8, 4) is 33.6 Å². The molecule has 0 atom stereocenters. The van der Waals surface area contributed by atoms with E-state index in [0.29, 0.717) is 0 Å². The highest BCUT2D eigenvalue weighted by Gasteiger charge is 2.17. The number of anilines is 3. The molecule has 0 amide bonds. The smallest absolute Gasteiger partial charge is 0.135 e. The molecule has 1 aromatic heterocycles. The van der Waals surface area contributed by atoms with Gasteiger partial charge in [0.2, 0.25) is 0 Å². The van der Waals surface area contributed by atoms with Crippen LogP contribution in [0.4, 0.5) is 17.1 Å². The zero-order valence-electron chi connectivity index (χ0n) is 26.3. The molecule has 2 heteroatoms. The van der Waals surface area contributed by atoms with Gasteiger partial charge in [0.1, 0.15) is 11.3 Å². The van der Waals surface area contributed by atoms with Gasteiger partial charge in [0.25, 0.3) is 0 Å². The van der Waals surface area contributed by atoms with Crippen molar-refractivity contribution in [2.45, 2.75) is 0 Å². The predicted octanol–water partition coefficient (Wildman–Crippen LogP) is 13.2. The van der Waals surface area contributed by atoms with Gasteiger partial charge in [-0.2, -0.15) is 0 Å². The van der Waals surface area contributed by atoms with Gasteiger partial charge in [0.05, 0.1) is 5.69 Å². The van der Waals surface area contributed by atoms with Gasteiger partial charge in [-0.05, 0) is 93.0 Å². The lowest BCUT2D eigenvalue weighted by atomic mass is 9.98. The quantitative estimate of drug-likeness (QED) is 0.185. The molecule has 2 nitrogen and oxygen atoms in total. The predicted molar refractivity (Wildman–Crippen MR) is 202 cm³/mol. The zero-order chi connectivity index (χ0) is 31.9. The first-order valence-corrected chi connectivity index (χ1v) is 16.3. The van der Waals surface area contributed by atoms with E-state index in [-0.39, 0.29) is 0 Å². The standard InChI is InChI=1S/C46H31NO/c1-2-11-32(12-3-1)35-17-9-19-41(29-35)47(44-21-10-15-33-13-4-6-20-43(33)44)42-26-25-37-27-36(23-24-38(37)30-42)34-16-8-18-39(28-34)46-31-40-14-5-7-22-45(40)48-46/h1-31H. The van der Waals surface area contributed by atoms with Crippen LogP contribution < -0.4 is 4.90 Å². The summed E-state index contributed by atoms with van der Waals surface area (Å²) in [5.74, 6) is 0.883. The summed E-state index contributed by atoms with van der Waals surface area (Å²) in [6.07, 6.45) is 0. The fraction of sp³-hybridized carbons (Fsp3) is 0. The van der Waals surface area contributed by atoms with Crippen molar-refractivity contribution in [1.82, 2.24) is 0 Å². The van der Waals surface area contributed by atoms with Crippen LogP contribution in [0.15, 0.2) is 192 Å². The van der Waals surface area contributed by atoms with Crippen LogP contribution in [-0.2, 0) is 0 Å². The summed E-state index contributed by atoms with van der Waals surface area (Å²) in [6.45, 7) is 0. The number of hydrogen-bond acceptors (Lipinski definition) is 2. The van der Waals surface area contributed by atoms with Crippen molar-refractivity contribution in [2.75, 3.05) is 4.90 Å². The van der Waals surface area contributed by atoms with Crippen LogP contribution in [0.25, 0.3) is 66.1 Å². The molecular weight excluding hydrogens is 583 g/mol. The number of fused-ring (bicyclic) bond motifs is 3. The van der Waals surface area contributed by atoms with Gasteiger partial charge in [0, 0.05) is 27.7 Å². The third-order valence-corrected chi connectivity index (χ3v) is 9.21. The Kier molecular flexibility index (Phi) is 6.84. The molecule has 0 bridgehead atoms. The Hall–Kier alpha value is -6.38. The molecule has 0 fully saturated rings. The van der Waals surface area contributed by atoms with Gasteiger partial charge in [-0.25, -0.2) is 0 Å². The van der Waals surface area contributed by atoms with Crippen molar-refractivity contribution < 1.29 is 4.42 Å². The average molecular weight is 614 g/mol. The first-order chi connectivity index (χ1) is 23.8. The molecule has 0 N–H and O–H groups in total. The monoisotopic (exact) mass is 613 g/mol. The molecule has 0 radical (unpaired) electrons. The van der Waals surface area contributed by atoms with Crippen molar-refractivity contribution in [2.24, 2.45) is 0 Å². The lowest BCUT2D eigenvalue weighted by molar-refractivity contribution is 0.631. The van der Waals surface area contributed by atoms with Crippen molar-refractivity contribution in [3.63, 3.8) is 0 Å². The molecule has 226 valence electrons. The summed E-state index contributed by atoms with van der Waals surface area (Å²) in [7, 11) is 0. The van der Waals surface area contributed by atoms with E-state index < -0.39 is 0 Å². The summed E-state index contributed by atoms with van der Waals surface area (Å²) < 4.78 is 6.18. The van der Waals surface area contributed by atoms with Gasteiger partial charge >= 0.3 is 0 Å². The molecular formula is C46H31NO. The highest BCUT2D eigenvalue weighted by Crippen LogP contribution is 2.41. The molecule has 1 heterocycles. The van der Waals surface area contributed by atoms with Crippen molar-refractivity contribution in [1.29, 1.82) is 0 Å². The fourth-order valence-corrected chi connectivity index (χ4v) is 6.81. The lowest BCUT2D eigenvalue weighted by Crippen LogP contribution is -2.10. The number of furan rings is 1. The fourth-order valence-electron chi connectivity index (χ4n) is 6.81. The third-order valence-electron chi connectivity index (χ3n) is 9.21. The average Bonchev–Trinajstić information content (AvgIpc) is 3.60. The maximum Gasteiger partial charge on any atom is 0.135 e. The number of hydrogen-bond donors (Lipinski definition) is 0. The largest absolute Gasteiger partial charge is 0.456 e. The molecule has 0 saturated carbocycles. The number of nitrogens with zero attached hydrogens (tertiary/aromatic N) is 1. The summed E-state index contributed by atoms with van der Waals surface area (Å²) in [5, 5.41) is 5.93. The Morgan fingerprint density at radius 1 is 0.333 bits per heavy atom. The van der Waals surface area contributed by atoms with Crippen LogP contribution in [0, 0.1) is 0 Å². The van der Waals surface area contributed by atoms with Gasteiger partial charge in [-0.3, -0.25) is 0 Å². The lowest BCUT2D eigenvalue weighted by Gasteiger charge is -2.27. The number of rotatable bonds is 6. The van der Waals surface area contributed by atoms with E-state index in [1.807, 2.05) is 18.2 Å². The van der Waals surface area contributed by atoms with Gasteiger partial charge in [-0.1, -0.05) is 133 Å². The Balaban J connectivity index is 1.13. The normalized spacial score (nSPS) is 11.3. The van der Waals surface area contributed by atoms with E-state index in [9.17, 15) is 0 Å². The zero-order valence-corrected chi connectivity index (χ0v) is 26.3. The minimum atomic E-state index is 0.883. The Morgan fingerprint density at radius 3 is 1.85 bits per heavy atom. The highest BCUT2D eigenvalue weighted by molar-refractivity contribution is 6.01. The number of benzene rings is 8. The van der Waals surface area contributed by atoms with Gasteiger partial charge in [-0.15, -0.1) is 0 Å². The van der Waals surface area contributed by atoms with Crippen LogP contribution >= 0.6 is 0 Å². The van der Waals surface area contributed by atoms with Gasteiger partial charge in [0.15, 0.2) is 0 Å². The minimum Gasteiger partial charge on any atom is -0.456 e. The topological polar surface area (TPSA) is 16.4 Å². The maximum atomic E-state index is 6.18. The molecule has 9 rings (SSSR count). The first kappa shape index (κ1) is 27.9. The molecule has 0 unspecified atom stereocenters. The maximum absolute atomic E-state index is 6.18. The third kappa shape index (κ3) is 5.10. The molecule has 0 aliphatic heterocycles. The molecule has 0 aliphatic rings. The van der Waals surface area contributed by atoms with Crippen LogP contribution in [0.3, 0.4) is 0 Å². The second-order valence-electron chi connectivity index (χ2n) is 12.2. The van der Waals surface area contributed by atoms with E-state index in [1.165, 1.54) is 38.2 Å². The Morgan fingerprint density at radius 2 is 0.958 bits per heavy atom. The summed E-state index contributed by atoms with van der Waals surface area (Å²) in [6, 6.07) is 67.0. The van der Waals surface area contributed by atoms with E-state index >= 15 is 0 Å². The van der Waals surface area contributed by atoms with Crippen molar-refractivity contribution in [3.05, 3.63) is 188 Å². The molecule has 0 spiro atoms. The van der Waals surface area contributed by atoms with E-state index in [1.54, 1.807) is 0 Å². The molecule has 48 heavy (non-hydrogen) atoms. The summed E-state index contributed by atoms with van der Waals surface area (Å²) in [5.41, 5.74) is 10.1. The van der Waals surface area contributed by atoms with E-state index in [4.69, 9.17) is 4.42 Å². The summed E-state index contributed by atoms with van der Waals surface area (Å²) in [4.78, 5) is 2.39. The van der Waals surface area contributed by atoms with Crippen LogP contribution in [0.1, 0.15) is 0 Å². The second-order valence-corrected chi connectivity index (χ2v) is 12.2. The second kappa shape index (κ2) is 11.8. The highest BCUT2D eigenvalue weighted by atomic mass is 16.3. The van der Waals surface area contributed by atoms with Gasteiger partial charge < -0.3 is 9.32 Å². The molecule has 9 aromatic rings. The van der Waals surface area contributed by atoms with Crippen molar-refractivity contribution >= 4 is 49.6 Å². The molecule has 0 saturated heterocycles. The SMILES string of the molecule is c1ccc(-c2cccc(N(c3ccc4cc(-c5cccc(-c6cc7ccccc7o6)c5)ccc4c3)c3cccc4ccccc34)c2)cc1. The first-order valence-electron chi connectivity index (χ1n) is 16.3. The summed E-state index contributed by atoms with van der Waals surface area (Å²) >= 11 is 0. The van der Waals surface area contributed by atoms with E-state index in [0.717, 1.165) is 44.9 Å².